The lowest BCUT2D eigenvalue weighted by Crippen LogP contribution is -1.75. The summed E-state index contributed by atoms with van der Waals surface area (Å²) in [4.78, 5) is 5.69. The van der Waals surface area contributed by atoms with Gasteiger partial charge in [0.05, 0.1) is 10.6 Å². The largest absolute Gasteiger partial charge is 0.240 e. The van der Waals surface area contributed by atoms with Gasteiger partial charge in [-0.3, -0.25) is 0 Å². The summed E-state index contributed by atoms with van der Waals surface area (Å²) in [5.74, 6) is 0.735. The lowest BCUT2D eigenvalue weighted by molar-refractivity contribution is 1.25. The summed E-state index contributed by atoms with van der Waals surface area (Å²) < 4.78 is 0. The minimum atomic E-state index is 0.735. The molecule has 1 aromatic rings. The highest BCUT2D eigenvalue weighted by Crippen LogP contribution is 2.24. The SMILES string of the molecule is SCc1nc2c(s1)C=CCC=C2. The van der Waals surface area contributed by atoms with Gasteiger partial charge in [-0.1, -0.05) is 12.2 Å². The molecule has 1 aromatic heterocycles. The van der Waals surface area contributed by atoms with E-state index < -0.39 is 0 Å². The maximum absolute atomic E-state index is 4.43. The lowest BCUT2D eigenvalue weighted by atomic mass is 10.3. The molecule has 0 fully saturated rings. The molecule has 62 valence electrons. The number of thiazole rings is 1. The molecule has 0 spiro atoms. The molecule has 3 heteroatoms. The Balaban J connectivity index is 2.46. The third-order valence-corrected chi connectivity index (χ3v) is 3.23. The van der Waals surface area contributed by atoms with Crippen molar-refractivity contribution < 1.29 is 0 Å². The van der Waals surface area contributed by atoms with Crippen LogP contribution in [0.3, 0.4) is 0 Å². The fourth-order valence-electron chi connectivity index (χ4n) is 1.13. The average molecular weight is 195 g/mol. The molecule has 0 amide bonds. The van der Waals surface area contributed by atoms with Crippen molar-refractivity contribution in [2.24, 2.45) is 0 Å². The first kappa shape index (κ1) is 8.08. The Labute approximate surface area is 81.3 Å². The van der Waals surface area contributed by atoms with E-state index in [-0.39, 0.29) is 0 Å². The molecule has 0 bridgehead atoms. The van der Waals surface area contributed by atoms with Crippen molar-refractivity contribution in [1.82, 2.24) is 4.98 Å². The van der Waals surface area contributed by atoms with Crippen LogP contribution in [0, 0.1) is 0 Å². The molecule has 0 saturated heterocycles. The molecule has 0 N–H and O–H groups in total. The van der Waals surface area contributed by atoms with E-state index in [1.165, 1.54) is 4.88 Å². The van der Waals surface area contributed by atoms with Gasteiger partial charge in [0.15, 0.2) is 0 Å². The molecule has 0 saturated carbocycles. The van der Waals surface area contributed by atoms with Gasteiger partial charge in [-0.15, -0.1) is 11.3 Å². The summed E-state index contributed by atoms with van der Waals surface area (Å²) >= 11 is 5.92. The number of hydrogen-bond donors (Lipinski definition) is 1. The molecule has 0 unspecified atom stereocenters. The van der Waals surface area contributed by atoms with E-state index in [2.05, 4.69) is 41.9 Å². The van der Waals surface area contributed by atoms with Gasteiger partial charge < -0.3 is 0 Å². The third kappa shape index (κ3) is 1.47. The van der Waals surface area contributed by atoms with Crippen LogP contribution in [0.4, 0.5) is 0 Å². The summed E-state index contributed by atoms with van der Waals surface area (Å²) in [6, 6.07) is 0. The van der Waals surface area contributed by atoms with Gasteiger partial charge in [0, 0.05) is 5.75 Å². The predicted molar refractivity (Wildman–Crippen MR) is 57.5 cm³/mol. The zero-order valence-electron chi connectivity index (χ0n) is 6.53. The zero-order valence-corrected chi connectivity index (χ0v) is 8.24. The van der Waals surface area contributed by atoms with Gasteiger partial charge in [0.1, 0.15) is 5.01 Å². The van der Waals surface area contributed by atoms with Crippen molar-refractivity contribution >= 4 is 36.1 Å². The smallest absolute Gasteiger partial charge is 0.103 e. The monoisotopic (exact) mass is 195 g/mol. The normalized spacial score (nSPS) is 14.4. The molecule has 1 heterocycles. The Morgan fingerprint density at radius 2 is 2.25 bits per heavy atom. The summed E-state index contributed by atoms with van der Waals surface area (Å²) in [7, 11) is 0. The second-order valence-corrected chi connectivity index (χ2v) is 3.99. The van der Waals surface area contributed by atoms with Gasteiger partial charge in [-0.2, -0.15) is 12.6 Å². The summed E-state index contributed by atoms with van der Waals surface area (Å²) in [6.07, 6.45) is 9.52. The van der Waals surface area contributed by atoms with Gasteiger partial charge in [-0.05, 0) is 18.6 Å². The van der Waals surface area contributed by atoms with Gasteiger partial charge in [0.2, 0.25) is 0 Å². The van der Waals surface area contributed by atoms with Gasteiger partial charge in [0.25, 0.3) is 0 Å². The van der Waals surface area contributed by atoms with E-state index in [1.54, 1.807) is 11.3 Å². The predicted octanol–water partition coefficient (Wildman–Crippen LogP) is 3.00. The molecular weight excluding hydrogens is 186 g/mol. The third-order valence-electron chi connectivity index (χ3n) is 1.68. The minimum Gasteiger partial charge on any atom is -0.240 e. The Morgan fingerprint density at radius 1 is 1.42 bits per heavy atom. The molecule has 0 radical (unpaired) electrons. The highest BCUT2D eigenvalue weighted by Gasteiger charge is 2.05. The summed E-state index contributed by atoms with van der Waals surface area (Å²) in [6.45, 7) is 0. The quantitative estimate of drug-likeness (QED) is 0.680. The van der Waals surface area contributed by atoms with E-state index in [0.717, 1.165) is 22.9 Å². The van der Waals surface area contributed by atoms with E-state index in [9.17, 15) is 0 Å². The van der Waals surface area contributed by atoms with Crippen molar-refractivity contribution in [2.75, 3.05) is 0 Å². The van der Waals surface area contributed by atoms with Gasteiger partial charge in [-0.25, -0.2) is 4.98 Å². The summed E-state index contributed by atoms with van der Waals surface area (Å²) in [5.41, 5.74) is 1.10. The Kier molecular flexibility index (Phi) is 2.33. The number of nitrogens with zero attached hydrogens (tertiary/aromatic N) is 1. The molecule has 1 nitrogen and oxygen atoms in total. The molecule has 1 aliphatic carbocycles. The first-order valence-electron chi connectivity index (χ1n) is 3.84. The van der Waals surface area contributed by atoms with Crippen LogP contribution in [-0.2, 0) is 5.75 Å². The maximum atomic E-state index is 4.43. The van der Waals surface area contributed by atoms with E-state index in [4.69, 9.17) is 0 Å². The van der Waals surface area contributed by atoms with Crippen molar-refractivity contribution in [3.05, 3.63) is 27.7 Å². The number of aromatic nitrogens is 1. The zero-order chi connectivity index (χ0) is 8.39. The van der Waals surface area contributed by atoms with Crippen molar-refractivity contribution in [1.29, 1.82) is 0 Å². The topological polar surface area (TPSA) is 12.9 Å². The molecule has 1 aliphatic rings. The van der Waals surface area contributed by atoms with Crippen molar-refractivity contribution in [3.63, 3.8) is 0 Å². The number of thiol groups is 1. The summed E-state index contributed by atoms with van der Waals surface area (Å²) in [5, 5.41) is 1.10. The molecule has 0 atom stereocenters. The maximum Gasteiger partial charge on any atom is 0.103 e. The van der Waals surface area contributed by atoms with Crippen molar-refractivity contribution in [3.8, 4) is 0 Å². The highest BCUT2D eigenvalue weighted by atomic mass is 32.1. The average Bonchev–Trinajstić information content (AvgIpc) is 2.37. The molecule has 12 heavy (non-hydrogen) atoms. The van der Waals surface area contributed by atoms with Crippen LogP contribution in [0.15, 0.2) is 12.2 Å². The van der Waals surface area contributed by atoms with Crippen LogP contribution in [0.25, 0.3) is 12.2 Å². The van der Waals surface area contributed by atoms with Gasteiger partial charge >= 0.3 is 0 Å². The Hall–Kier alpha value is -0.540. The van der Waals surface area contributed by atoms with Crippen LogP contribution < -0.4 is 0 Å². The molecule has 0 aromatic carbocycles. The first-order valence-corrected chi connectivity index (χ1v) is 5.28. The minimum absolute atomic E-state index is 0.735. The second-order valence-electron chi connectivity index (χ2n) is 2.56. The first-order chi connectivity index (χ1) is 5.90. The Morgan fingerprint density at radius 3 is 3.08 bits per heavy atom. The molecular formula is C9H9NS2. The number of hydrogen-bond acceptors (Lipinski definition) is 3. The van der Waals surface area contributed by atoms with E-state index in [1.807, 2.05) is 0 Å². The van der Waals surface area contributed by atoms with E-state index >= 15 is 0 Å². The molecule has 2 rings (SSSR count). The number of allylic oxidation sites excluding steroid dienone is 2. The van der Waals surface area contributed by atoms with Crippen LogP contribution >= 0.6 is 24.0 Å². The number of fused-ring (bicyclic) bond motifs is 1. The second kappa shape index (κ2) is 3.46. The van der Waals surface area contributed by atoms with Crippen molar-refractivity contribution in [2.45, 2.75) is 12.2 Å². The van der Waals surface area contributed by atoms with E-state index in [0.29, 0.717) is 0 Å². The fourth-order valence-corrected chi connectivity index (χ4v) is 2.24. The number of rotatable bonds is 1. The highest BCUT2D eigenvalue weighted by molar-refractivity contribution is 7.79. The fraction of sp³-hybridized carbons (Fsp3) is 0.222. The van der Waals surface area contributed by atoms with Crippen LogP contribution in [0.5, 0.6) is 0 Å². The van der Waals surface area contributed by atoms with Crippen LogP contribution in [-0.4, -0.2) is 4.98 Å². The lowest BCUT2D eigenvalue weighted by Gasteiger charge is -1.83. The standard InChI is InChI=1S/C9H9NS2/c11-6-9-10-7-4-2-1-3-5-8(7)12-9/h2-5,11H,1,6H2. The Bertz CT molecular complexity index is 307. The molecule has 0 aliphatic heterocycles. The van der Waals surface area contributed by atoms with Crippen LogP contribution in [0.1, 0.15) is 22.0 Å². The van der Waals surface area contributed by atoms with Crippen LogP contribution in [0.2, 0.25) is 0 Å².